The van der Waals surface area contributed by atoms with Gasteiger partial charge in [-0.3, -0.25) is 0 Å². The lowest BCUT2D eigenvalue weighted by molar-refractivity contribution is -0.154. The molecule has 0 N–H and O–H groups in total. The van der Waals surface area contributed by atoms with Crippen LogP contribution in [0.2, 0.25) is 0 Å². The van der Waals surface area contributed by atoms with E-state index in [2.05, 4.69) is 62.3 Å². The van der Waals surface area contributed by atoms with Gasteiger partial charge in [0.2, 0.25) is 0 Å². The summed E-state index contributed by atoms with van der Waals surface area (Å²) in [5, 5.41) is 2.72. The number of benzene rings is 2. The van der Waals surface area contributed by atoms with E-state index in [1.807, 2.05) is 5.57 Å². The van der Waals surface area contributed by atoms with E-state index >= 15 is 0 Å². The van der Waals surface area contributed by atoms with Gasteiger partial charge in [0.15, 0.2) is 0 Å². The molecule has 0 radical (unpaired) electrons. The van der Waals surface area contributed by atoms with Crippen molar-refractivity contribution in [1.29, 1.82) is 0 Å². The van der Waals surface area contributed by atoms with E-state index in [9.17, 15) is 0 Å². The van der Waals surface area contributed by atoms with E-state index in [-0.39, 0.29) is 0 Å². The summed E-state index contributed by atoms with van der Waals surface area (Å²) in [6, 6.07) is 13.7. The van der Waals surface area contributed by atoms with E-state index in [4.69, 9.17) is 0 Å². The fourth-order valence-corrected chi connectivity index (χ4v) is 5.69. The van der Waals surface area contributed by atoms with Gasteiger partial charge in [-0.05, 0) is 78.5 Å². The molecule has 1 heteroatoms. The van der Waals surface area contributed by atoms with Gasteiger partial charge in [0, 0.05) is 25.2 Å². The zero-order chi connectivity index (χ0) is 15.8. The molecule has 0 aromatic heterocycles. The zero-order valence-electron chi connectivity index (χ0n) is 14.4. The SMILES string of the molecule is CC(=C1C2CCC23CCC13)c1ccc2c(N(C)C)cccc2c1. The Morgan fingerprint density at radius 3 is 2.39 bits per heavy atom. The lowest BCUT2D eigenvalue weighted by Gasteiger charge is -2.73. The minimum Gasteiger partial charge on any atom is -0.377 e. The Hall–Kier alpha value is -1.76. The van der Waals surface area contributed by atoms with Crippen molar-refractivity contribution < 1.29 is 0 Å². The second kappa shape index (κ2) is 4.41. The highest BCUT2D eigenvalue weighted by Gasteiger charge is 2.68. The van der Waals surface area contributed by atoms with Crippen LogP contribution < -0.4 is 4.90 Å². The van der Waals surface area contributed by atoms with Gasteiger partial charge in [0.25, 0.3) is 0 Å². The molecule has 2 aromatic carbocycles. The molecule has 2 aromatic rings. The van der Waals surface area contributed by atoms with E-state index in [0.29, 0.717) is 0 Å². The van der Waals surface area contributed by atoms with Gasteiger partial charge in [0.05, 0.1) is 0 Å². The maximum Gasteiger partial charge on any atom is 0.0440 e. The average molecular weight is 303 g/mol. The molecule has 0 aliphatic heterocycles. The standard InChI is InChI=1S/C22H25N/c1-14(21-18-9-11-22(18)12-10-19(21)22)15-7-8-17-16(13-15)5-4-6-20(17)23(2)3/h4-8,13,18-19H,9-12H2,1-3H3. The first kappa shape index (κ1) is 13.7. The summed E-state index contributed by atoms with van der Waals surface area (Å²) in [5.41, 5.74) is 6.92. The molecule has 3 aliphatic carbocycles. The molecular formula is C22H25N. The lowest BCUT2D eigenvalue weighted by Crippen LogP contribution is -2.64. The number of fused-ring (bicyclic) bond motifs is 1. The maximum atomic E-state index is 2.40. The fourth-order valence-electron chi connectivity index (χ4n) is 5.69. The summed E-state index contributed by atoms with van der Waals surface area (Å²) >= 11 is 0. The van der Waals surface area contributed by atoms with Crippen LogP contribution in [-0.2, 0) is 0 Å². The highest BCUT2D eigenvalue weighted by atomic mass is 15.1. The highest BCUT2D eigenvalue weighted by Crippen LogP contribution is 2.78. The van der Waals surface area contributed by atoms with Gasteiger partial charge in [-0.1, -0.05) is 29.8 Å². The van der Waals surface area contributed by atoms with Crippen molar-refractivity contribution in [2.75, 3.05) is 19.0 Å². The highest BCUT2D eigenvalue weighted by molar-refractivity contribution is 5.96. The molecule has 1 spiro atoms. The first-order valence-corrected chi connectivity index (χ1v) is 9.03. The topological polar surface area (TPSA) is 3.24 Å². The largest absolute Gasteiger partial charge is 0.377 e. The van der Waals surface area contributed by atoms with Crippen LogP contribution in [0, 0.1) is 17.3 Å². The summed E-state index contributed by atoms with van der Waals surface area (Å²) in [6.07, 6.45) is 5.90. The molecule has 1 nitrogen and oxygen atoms in total. The van der Waals surface area contributed by atoms with E-state index < -0.39 is 0 Å². The number of anilines is 1. The van der Waals surface area contributed by atoms with Gasteiger partial charge in [-0.2, -0.15) is 0 Å². The van der Waals surface area contributed by atoms with Gasteiger partial charge < -0.3 is 4.90 Å². The average Bonchev–Trinajstić information content (AvgIpc) is 2.50. The fraction of sp³-hybridized carbons (Fsp3) is 0.455. The molecule has 3 aliphatic rings. The number of hydrogen-bond acceptors (Lipinski definition) is 1. The Kier molecular flexibility index (Phi) is 2.62. The molecule has 118 valence electrons. The van der Waals surface area contributed by atoms with Crippen LogP contribution in [0.25, 0.3) is 16.3 Å². The molecule has 0 amide bonds. The van der Waals surface area contributed by atoms with E-state index in [0.717, 1.165) is 17.3 Å². The first-order chi connectivity index (χ1) is 11.1. The third-order valence-corrected chi connectivity index (χ3v) is 7.14. The van der Waals surface area contributed by atoms with Crippen molar-refractivity contribution in [2.24, 2.45) is 17.3 Å². The van der Waals surface area contributed by atoms with Crippen LogP contribution in [0.3, 0.4) is 0 Å². The minimum atomic E-state index is 0.783. The van der Waals surface area contributed by atoms with Gasteiger partial charge in [-0.25, -0.2) is 0 Å². The van der Waals surface area contributed by atoms with Gasteiger partial charge >= 0.3 is 0 Å². The van der Waals surface area contributed by atoms with Crippen LogP contribution in [0.4, 0.5) is 5.69 Å². The van der Waals surface area contributed by atoms with Crippen molar-refractivity contribution in [3.8, 4) is 0 Å². The van der Waals surface area contributed by atoms with Crippen LogP contribution in [-0.4, -0.2) is 14.1 Å². The monoisotopic (exact) mass is 303 g/mol. The summed E-state index contributed by atoms with van der Waals surface area (Å²) < 4.78 is 0. The van der Waals surface area contributed by atoms with Crippen LogP contribution >= 0.6 is 0 Å². The number of hydrogen-bond donors (Lipinski definition) is 0. The lowest BCUT2D eigenvalue weighted by atomic mass is 9.31. The molecule has 0 saturated heterocycles. The smallest absolute Gasteiger partial charge is 0.0440 e. The van der Waals surface area contributed by atoms with Crippen molar-refractivity contribution >= 4 is 22.0 Å². The number of rotatable bonds is 2. The molecule has 5 rings (SSSR count). The summed E-state index contributed by atoms with van der Waals surface area (Å²) in [4.78, 5) is 2.20. The second-order valence-corrected chi connectivity index (χ2v) is 8.10. The molecule has 3 saturated carbocycles. The zero-order valence-corrected chi connectivity index (χ0v) is 14.4. The predicted octanol–water partition coefficient (Wildman–Crippen LogP) is 5.50. The van der Waals surface area contributed by atoms with Crippen molar-refractivity contribution in [3.63, 3.8) is 0 Å². The Morgan fingerprint density at radius 1 is 1.04 bits per heavy atom. The molecule has 23 heavy (non-hydrogen) atoms. The summed E-state index contributed by atoms with van der Waals surface area (Å²) in [7, 11) is 4.24. The normalized spacial score (nSPS) is 30.7. The van der Waals surface area contributed by atoms with Crippen molar-refractivity contribution in [2.45, 2.75) is 32.6 Å². The Balaban J connectivity index is 1.59. The number of nitrogens with zero attached hydrogens (tertiary/aromatic N) is 1. The predicted molar refractivity (Wildman–Crippen MR) is 98.8 cm³/mol. The number of allylic oxidation sites excluding steroid dienone is 2. The van der Waals surface area contributed by atoms with E-state index in [1.54, 1.807) is 5.57 Å². The summed E-state index contributed by atoms with van der Waals surface area (Å²) in [6.45, 7) is 2.37. The molecule has 2 unspecified atom stereocenters. The second-order valence-electron chi connectivity index (χ2n) is 8.10. The van der Waals surface area contributed by atoms with Crippen LogP contribution in [0.5, 0.6) is 0 Å². The minimum absolute atomic E-state index is 0.783. The molecule has 0 bridgehead atoms. The maximum absolute atomic E-state index is 2.40. The van der Waals surface area contributed by atoms with Gasteiger partial charge in [0.1, 0.15) is 0 Å². The Morgan fingerprint density at radius 2 is 1.78 bits per heavy atom. The Labute approximate surface area is 139 Å². The molecular weight excluding hydrogens is 278 g/mol. The molecule has 2 atom stereocenters. The quantitative estimate of drug-likeness (QED) is 0.708. The molecule has 3 fully saturated rings. The van der Waals surface area contributed by atoms with Crippen LogP contribution in [0.15, 0.2) is 42.0 Å². The third-order valence-electron chi connectivity index (χ3n) is 7.14. The van der Waals surface area contributed by atoms with Crippen molar-refractivity contribution in [1.82, 2.24) is 0 Å². The van der Waals surface area contributed by atoms with Crippen LogP contribution in [0.1, 0.15) is 38.2 Å². The molecule has 0 heterocycles. The summed E-state index contributed by atoms with van der Waals surface area (Å²) in [5.74, 6) is 1.87. The third kappa shape index (κ3) is 1.58. The van der Waals surface area contributed by atoms with Crippen molar-refractivity contribution in [3.05, 3.63) is 47.5 Å². The Bertz CT molecular complexity index is 822. The van der Waals surface area contributed by atoms with E-state index in [1.165, 1.54) is 47.7 Å². The first-order valence-electron chi connectivity index (χ1n) is 9.03. The van der Waals surface area contributed by atoms with Gasteiger partial charge in [-0.15, -0.1) is 0 Å².